The number of nitrogens with one attached hydrogen (secondary N) is 2. The first-order valence-electron chi connectivity index (χ1n) is 10.1. The van der Waals surface area contributed by atoms with E-state index in [-0.39, 0.29) is 0 Å². The van der Waals surface area contributed by atoms with Crippen LogP contribution in [0, 0.1) is 0 Å². The van der Waals surface area contributed by atoms with Gasteiger partial charge in [-0.25, -0.2) is 9.48 Å². The predicted molar refractivity (Wildman–Crippen MR) is 119 cm³/mol. The van der Waals surface area contributed by atoms with Crippen LogP contribution in [0.4, 0.5) is 4.79 Å². The van der Waals surface area contributed by atoms with E-state index in [9.17, 15) is 4.79 Å². The summed E-state index contributed by atoms with van der Waals surface area (Å²) in [5, 5.41) is 17.3. The number of aryl methyl sites for hydroxylation is 1. The summed E-state index contributed by atoms with van der Waals surface area (Å²) >= 11 is 0. The van der Waals surface area contributed by atoms with Gasteiger partial charge >= 0.3 is 6.09 Å². The monoisotopic (exact) mass is 402 g/mol. The molecule has 2 aromatic carbocycles. The second-order valence-electron chi connectivity index (χ2n) is 8.26. The van der Waals surface area contributed by atoms with Crippen LogP contribution in [-0.4, -0.2) is 31.5 Å². The van der Waals surface area contributed by atoms with Crippen LogP contribution < -0.4 is 5.32 Å². The molecule has 4 aromatic rings. The third kappa shape index (κ3) is 4.08. The number of hydrogen-bond acceptors (Lipinski definition) is 2. The number of carbonyl (C=O) groups is 1. The van der Waals surface area contributed by atoms with Gasteiger partial charge in [-0.3, -0.25) is 0 Å². The number of nitrogens with zero attached hydrogens (tertiary/aromatic N) is 2. The molecule has 4 rings (SSSR count). The fraction of sp³-hybridized carbons (Fsp3) is 0.250. The summed E-state index contributed by atoms with van der Waals surface area (Å²) in [5.41, 5.74) is 5.98. The Hall–Kier alpha value is -3.54. The first kappa shape index (κ1) is 19.8. The van der Waals surface area contributed by atoms with Crippen molar-refractivity contribution in [2.24, 2.45) is 0 Å². The number of H-pyrrole nitrogens is 1. The van der Waals surface area contributed by atoms with E-state index in [0.29, 0.717) is 6.42 Å². The molecule has 6 nitrogen and oxygen atoms in total. The highest BCUT2D eigenvalue weighted by Gasteiger charge is 2.22. The summed E-state index contributed by atoms with van der Waals surface area (Å²) in [6.07, 6.45) is 6.45. The molecule has 0 unspecified atom stereocenters. The molecule has 3 N–H and O–H groups in total. The Morgan fingerprint density at radius 1 is 1.17 bits per heavy atom. The van der Waals surface area contributed by atoms with Gasteiger partial charge in [-0.1, -0.05) is 25.1 Å². The minimum atomic E-state index is -1.01. The van der Waals surface area contributed by atoms with Gasteiger partial charge in [0.05, 0.1) is 11.9 Å². The van der Waals surface area contributed by atoms with Crippen molar-refractivity contribution in [1.29, 1.82) is 0 Å². The predicted octanol–water partition coefficient (Wildman–Crippen LogP) is 5.17. The lowest BCUT2D eigenvalue weighted by Gasteiger charge is -2.24. The van der Waals surface area contributed by atoms with Crippen molar-refractivity contribution in [3.63, 3.8) is 0 Å². The highest BCUT2D eigenvalue weighted by molar-refractivity contribution is 5.88. The summed E-state index contributed by atoms with van der Waals surface area (Å²) in [6, 6.07) is 14.7. The van der Waals surface area contributed by atoms with Gasteiger partial charge in [0.1, 0.15) is 0 Å². The molecule has 2 heterocycles. The molecule has 30 heavy (non-hydrogen) atoms. The van der Waals surface area contributed by atoms with Gasteiger partial charge in [-0.05, 0) is 67.6 Å². The maximum absolute atomic E-state index is 11.1. The molecule has 0 saturated heterocycles. The molecular weight excluding hydrogens is 376 g/mol. The topological polar surface area (TPSA) is 82.9 Å². The average Bonchev–Trinajstić information content (AvgIpc) is 3.34. The molecule has 154 valence electrons. The van der Waals surface area contributed by atoms with Gasteiger partial charge in [0, 0.05) is 34.4 Å². The second-order valence-corrected chi connectivity index (χ2v) is 8.26. The number of rotatable bonds is 6. The highest BCUT2D eigenvalue weighted by Crippen LogP contribution is 2.28. The van der Waals surface area contributed by atoms with Gasteiger partial charge in [-0.2, -0.15) is 5.10 Å². The maximum atomic E-state index is 11.1. The lowest BCUT2D eigenvalue weighted by Crippen LogP contribution is -2.44. The molecule has 0 fully saturated rings. The van der Waals surface area contributed by atoms with E-state index in [0.717, 1.165) is 39.7 Å². The van der Waals surface area contributed by atoms with Gasteiger partial charge in [0.2, 0.25) is 0 Å². The SMILES string of the molecule is CCc1ccc(-n2cc(-c3ccc4[nH]cc(CC(C)(C)NC(=O)O)c4c3)cn2)cc1. The number of amides is 1. The minimum absolute atomic E-state index is 0.563. The lowest BCUT2D eigenvalue weighted by molar-refractivity contribution is 0.182. The highest BCUT2D eigenvalue weighted by atomic mass is 16.4. The minimum Gasteiger partial charge on any atom is -0.465 e. The third-order valence-electron chi connectivity index (χ3n) is 5.37. The maximum Gasteiger partial charge on any atom is 0.405 e. The number of hydrogen-bond donors (Lipinski definition) is 3. The molecule has 0 spiro atoms. The number of carboxylic acid groups (broad SMARTS) is 1. The summed E-state index contributed by atoms with van der Waals surface area (Å²) in [6.45, 7) is 5.92. The molecule has 0 aliphatic carbocycles. The van der Waals surface area contributed by atoms with Crippen LogP contribution in [0.2, 0.25) is 0 Å². The molecule has 6 heteroatoms. The van der Waals surface area contributed by atoms with E-state index in [1.807, 2.05) is 37.1 Å². The van der Waals surface area contributed by atoms with E-state index in [1.54, 1.807) is 0 Å². The standard InChI is InChI=1S/C24H26N4O2/c1-4-16-5-8-20(9-6-16)28-15-19(14-26-28)17-7-10-22-21(11-17)18(13-25-22)12-24(2,3)27-23(29)30/h5-11,13-15,25,27H,4,12H2,1-3H3,(H,29,30). The van der Waals surface area contributed by atoms with Crippen molar-refractivity contribution in [1.82, 2.24) is 20.1 Å². The summed E-state index contributed by atoms with van der Waals surface area (Å²) < 4.78 is 1.89. The zero-order valence-electron chi connectivity index (χ0n) is 17.4. The Kier molecular flexibility index (Phi) is 5.08. The van der Waals surface area contributed by atoms with Crippen LogP contribution in [0.25, 0.3) is 27.7 Å². The number of aromatic nitrogens is 3. The van der Waals surface area contributed by atoms with Crippen molar-refractivity contribution < 1.29 is 9.90 Å². The van der Waals surface area contributed by atoms with Gasteiger partial charge < -0.3 is 15.4 Å². The Morgan fingerprint density at radius 3 is 2.63 bits per heavy atom. The number of aromatic amines is 1. The molecule has 0 aliphatic heterocycles. The van der Waals surface area contributed by atoms with Crippen molar-refractivity contribution in [2.75, 3.05) is 0 Å². The molecule has 0 radical (unpaired) electrons. The average molecular weight is 402 g/mol. The first-order chi connectivity index (χ1) is 14.3. The van der Waals surface area contributed by atoms with Gasteiger partial charge in [-0.15, -0.1) is 0 Å². The van der Waals surface area contributed by atoms with Gasteiger partial charge in [0.25, 0.3) is 0 Å². The first-order valence-corrected chi connectivity index (χ1v) is 10.1. The van der Waals surface area contributed by atoms with Crippen molar-refractivity contribution in [3.05, 3.63) is 72.2 Å². The second kappa shape index (κ2) is 7.71. The Morgan fingerprint density at radius 2 is 1.93 bits per heavy atom. The summed E-state index contributed by atoms with van der Waals surface area (Å²) in [4.78, 5) is 14.4. The van der Waals surface area contributed by atoms with Crippen LogP contribution in [0.15, 0.2) is 61.1 Å². The van der Waals surface area contributed by atoms with Crippen LogP contribution in [-0.2, 0) is 12.8 Å². The third-order valence-corrected chi connectivity index (χ3v) is 5.37. The fourth-order valence-electron chi connectivity index (χ4n) is 3.81. The Labute approximate surface area is 175 Å². The van der Waals surface area contributed by atoms with Crippen LogP contribution >= 0.6 is 0 Å². The van der Waals surface area contributed by atoms with Crippen molar-refractivity contribution in [2.45, 2.75) is 39.2 Å². The van der Waals surface area contributed by atoms with Crippen molar-refractivity contribution in [3.8, 4) is 16.8 Å². The number of fused-ring (bicyclic) bond motifs is 1. The largest absolute Gasteiger partial charge is 0.465 e. The molecule has 0 aliphatic rings. The van der Waals surface area contributed by atoms with Crippen LogP contribution in [0.3, 0.4) is 0 Å². The summed E-state index contributed by atoms with van der Waals surface area (Å²) in [7, 11) is 0. The molecule has 1 amide bonds. The van der Waals surface area contributed by atoms with Gasteiger partial charge in [0.15, 0.2) is 0 Å². The van der Waals surface area contributed by atoms with E-state index in [2.05, 4.69) is 64.8 Å². The number of benzene rings is 2. The Balaban J connectivity index is 1.64. The molecule has 2 aromatic heterocycles. The molecule has 0 bridgehead atoms. The lowest BCUT2D eigenvalue weighted by atomic mass is 9.94. The Bertz CT molecular complexity index is 1190. The fourth-order valence-corrected chi connectivity index (χ4v) is 3.81. The molecular formula is C24H26N4O2. The summed E-state index contributed by atoms with van der Waals surface area (Å²) in [5.74, 6) is 0. The van der Waals surface area contributed by atoms with E-state index < -0.39 is 11.6 Å². The van der Waals surface area contributed by atoms with E-state index in [1.165, 1.54) is 5.56 Å². The molecule has 0 atom stereocenters. The zero-order valence-corrected chi connectivity index (χ0v) is 17.4. The van der Waals surface area contributed by atoms with Crippen LogP contribution in [0.5, 0.6) is 0 Å². The quantitative estimate of drug-likeness (QED) is 0.416. The smallest absolute Gasteiger partial charge is 0.405 e. The van der Waals surface area contributed by atoms with Crippen LogP contribution in [0.1, 0.15) is 31.9 Å². The van der Waals surface area contributed by atoms with E-state index >= 15 is 0 Å². The van der Waals surface area contributed by atoms with Crippen molar-refractivity contribution >= 4 is 17.0 Å². The van der Waals surface area contributed by atoms with E-state index in [4.69, 9.17) is 5.11 Å². The normalized spacial score (nSPS) is 11.7. The molecule has 0 saturated carbocycles. The zero-order chi connectivity index (χ0) is 21.3.